The molecule has 6 heteroatoms. The molecule has 2 amide bonds. The molecule has 0 aliphatic heterocycles. The Labute approximate surface area is 129 Å². The second-order valence-electron chi connectivity index (χ2n) is 5.34. The largest absolute Gasteiger partial charge is 0.481 e. The molecule has 1 heterocycles. The van der Waals surface area contributed by atoms with Gasteiger partial charge >= 0.3 is 12.0 Å². The van der Waals surface area contributed by atoms with Gasteiger partial charge in [0.1, 0.15) is 0 Å². The molecular weight excluding hydrogens is 288 g/mol. The predicted octanol–water partition coefficient (Wildman–Crippen LogP) is 3.39. The lowest BCUT2D eigenvalue weighted by molar-refractivity contribution is -0.137. The van der Waals surface area contributed by atoms with Crippen LogP contribution < -0.4 is 10.6 Å². The summed E-state index contributed by atoms with van der Waals surface area (Å²) >= 11 is 1.64. The zero-order valence-electron chi connectivity index (χ0n) is 12.6. The summed E-state index contributed by atoms with van der Waals surface area (Å²) in [5, 5.41) is 16.3. The molecule has 21 heavy (non-hydrogen) atoms. The van der Waals surface area contributed by atoms with Gasteiger partial charge in [0.25, 0.3) is 0 Å². The van der Waals surface area contributed by atoms with E-state index in [0.717, 1.165) is 17.7 Å². The summed E-state index contributed by atoms with van der Waals surface area (Å²) in [5.74, 6) is -0.443. The highest BCUT2D eigenvalue weighted by Crippen LogP contribution is 2.25. The molecule has 1 aromatic heterocycles. The SMILES string of the molecule is CC(C)C(NC(=O)NCCCCCC(=O)O)c1cccs1. The van der Waals surface area contributed by atoms with Crippen molar-refractivity contribution in [1.29, 1.82) is 0 Å². The number of carboxylic acids is 1. The highest BCUT2D eigenvalue weighted by atomic mass is 32.1. The van der Waals surface area contributed by atoms with Crippen LogP contribution in [-0.2, 0) is 4.79 Å². The van der Waals surface area contributed by atoms with E-state index >= 15 is 0 Å². The summed E-state index contributed by atoms with van der Waals surface area (Å²) in [4.78, 5) is 23.4. The normalized spacial score (nSPS) is 12.1. The van der Waals surface area contributed by atoms with E-state index < -0.39 is 5.97 Å². The van der Waals surface area contributed by atoms with Gasteiger partial charge in [-0.25, -0.2) is 4.79 Å². The lowest BCUT2D eigenvalue weighted by Crippen LogP contribution is -2.39. The molecule has 0 spiro atoms. The molecule has 1 atom stereocenters. The Hall–Kier alpha value is -1.56. The number of amides is 2. The van der Waals surface area contributed by atoms with Gasteiger partial charge in [0.15, 0.2) is 0 Å². The maximum atomic E-state index is 11.9. The lowest BCUT2D eigenvalue weighted by atomic mass is 10.0. The van der Waals surface area contributed by atoms with Gasteiger partial charge in [-0.3, -0.25) is 4.79 Å². The summed E-state index contributed by atoms with van der Waals surface area (Å²) in [6.07, 6.45) is 2.46. The molecule has 0 bridgehead atoms. The van der Waals surface area contributed by atoms with Crippen LogP contribution in [0.15, 0.2) is 17.5 Å². The molecule has 0 aliphatic rings. The topological polar surface area (TPSA) is 78.4 Å². The average Bonchev–Trinajstić information content (AvgIpc) is 2.93. The van der Waals surface area contributed by atoms with Crippen LogP contribution >= 0.6 is 11.3 Å². The number of unbranched alkanes of at least 4 members (excludes halogenated alkanes) is 2. The number of urea groups is 1. The first-order valence-electron chi connectivity index (χ1n) is 7.30. The zero-order chi connectivity index (χ0) is 15.7. The molecule has 1 rings (SSSR count). The summed E-state index contributed by atoms with van der Waals surface area (Å²) in [5.41, 5.74) is 0. The van der Waals surface area contributed by atoms with Crippen molar-refractivity contribution in [2.24, 2.45) is 5.92 Å². The van der Waals surface area contributed by atoms with E-state index in [-0.39, 0.29) is 18.5 Å². The molecule has 0 aliphatic carbocycles. The number of hydrogen-bond donors (Lipinski definition) is 3. The Morgan fingerprint density at radius 2 is 2.05 bits per heavy atom. The molecule has 0 radical (unpaired) electrons. The van der Waals surface area contributed by atoms with Crippen molar-refractivity contribution >= 4 is 23.3 Å². The molecule has 1 aromatic rings. The number of thiophene rings is 1. The van der Waals surface area contributed by atoms with Crippen molar-refractivity contribution in [1.82, 2.24) is 10.6 Å². The number of aliphatic carboxylic acids is 1. The molecule has 3 N–H and O–H groups in total. The fourth-order valence-electron chi connectivity index (χ4n) is 2.01. The quantitative estimate of drug-likeness (QED) is 0.612. The molecular formula is C15H24N2O3S. The summed E-state index contributed by atoms with van der Waals surface area (Å²) in [6, 6.07) is 3.87. The van der Waals surface area contributed by atoms with E-state index in [1.165, 1.54) is 0 Å². The molecule has 0 saturated heterocycles. The average molecular weight is 312 g/mol. The minimum Gasteiger partial charge on any atom is -0.481 e. The number of carboxylic acid groups (broad SMARTS) is 1. The van der Waals surface area contributed by atoms with Crippen LogP contribution in [0.25, 0.3) is 0 Å². The van der Waals surface area contributed by atoms with Gasteiger partial charge in [0.05, 0.1) is 6.04 Å². The fraction of sp³-hybridized carbons (Fsp3) is 0.600. The number of hydrogen-bond acceptors (Lipinski definition) is 3. The summed E-state index contributed by atoms with van der Waals surface area (Å²) in [7, 11) is 0. The molecule has 0 saturated carbocycles. The Kier molecular flexibility index (Phi) is 7.82. The van der Waals surface area contributed by atoms with Gasteiger partial charge in [-0.15, -0.1) is 11.3 Å². The van der Waals surface area contributed by atoms with Crippen molar-refractivity contribution in [3.05, 3.63) is 22.4 Å². The summed E-state index contributed by atoms with van der Waals surface area (Å²) in [6.45, 7) is 4.73. The third-order valence-corrected chi connectivity index (χ3v) is 4.11. The monoisotopic (exact) mass is 312 g/mol. The molecule has 0 fully saturated rings. The third-order valence-electron chi connectivity index (χ3n) is 3.16. The van der Waals surface area contributed by atoms with Crippen molar-refractivity contribution in [3.63, 3.8) is 0 Å². The first kappa shape index (κ1) is 17.5. The van der Waals surface area contributed by atoms with E-state index in [2.05, 4.69) is 24.5 Å². The van der Waals surface area contributed by atoms with Gasteiger partial charge in [0.2, 0.25) is 0 Å². The Morgan fingerprint density at radius 1 is 1.29 bits per heavy atom. The maximum Gasteiger partial charge on any atom is 0.315 e. The Bertz CT molecular complexity index is 432. The number of rotatable bonds is 9. The van der Waals surface area contributed by atoms with Gasteiger partial charge < -0.3 is 15.7 Å². The van der Waals surface area contributed by atoms with Gasteiger partial charge in [-0.2, -0.15) is 0 Å². The number of nitrogens with one attached hydrogen (secondary N) is 2. The fourth-order valence-corrected chi connectivity index (χ4v) is 2.96. The van der Waals surface area contributed by atoms with Crippen LogP contribution in [-0.4, -0.2) is 23.7 Å². The Morgan fingerprint density at radius 3 is 2.62 bits per heavy atom. The minimum absolute atomic E-state index is 0.0250. The predicted molar refractivity (Wildman–Crippen MR) is 84.5 cm³/mol. The van der Waals surface area contributed by atoms with Crippen LogP contribution in [0.5, 0.6) is 0 Å². The molecule has 5 nitrogen and oxygen atoms in total. The molecule has 1 unspecified atom stereocenters. The van der Waals surface area contributed by atoms with E-state index in [4.69, 9.17) is 5.11 Å². The van der Waals surface area contributed by atoms with E-state index in [9.17, 15) is 9.59 Å². The minimum atomic E-state index is -0.767. The van der Waals surface area contributed by atoms with E-state index in [1.54, 1.807) is 11.3 Å². The van der Waals surface area contributed by atoms with Crippen molar-refractivity contribution in [3.8, 4) is 0 Å². The Balaban J connectivity index is 2.24. The second kappa shape index (κ2) is 9.39. The lowest BCUT2D eigenvalue weighted by Gasteiger charge is -2.21. The van der Waals surface area contributed by atoms with Crippen LogP contribution in [0.3, 0.4) is 0 Å². The second-order valence-corrected chi connectivity index (χ2v) is 6.32. The smallest absolute Gasteiger partial charge is 0.315 e. The number of carbonyl (C=O) groups excluding carboxylic acids is 1. The zero-order valence-corrected chi connectivity index (χ0v) is 13.4. The van der Waals surface area contributed by atoms with Crippen LogP contribution in [0.4, 0.5) is 4.79 Å². The molecule has 118 valence electrons. The van der Waals surface area contributed by atoms with Crippen molar-refractivity contribution < 1.29 is 14.7 Å². The highest BCUT2D eigenvalue weighted by molar-refractivity contribution is 7.10. The van der Waals surface area contributed by atoms with Crippen LogP contribution in [0.2, 0.25) is 0 Å². The maximum absolute atomic E-state index is 11.9. The molecule has 0 aromatic carbocycles. The summed E-state index contributed by atoms with van der Waals surface area (Å²) < 4.78 is 0. The first-order chi connectivity index (χ1) is 10.0. The third kappa shape index (κ3) is 7.13. The van der Waals surface area contributed by atoms with Crippen molar-refractivity contribution in [2.75, 3.05) is 6.54 Å². The van der Waals surface area contributed by atoms with E-state index in [1.807, 2.05) is 17.5 Å². The van der Waals surface area contributed by atoms with Gasteiger partial charge in [-0.05, 0) is 30.2 Å². The van der Waals surface area contributed by atoms with Crippen molar-refractivity contribution in [2.45, 2.75) is 45.6 Å². The van der Waals surface area contributed by atoms with E-state index in [0.29, 0.717) is 18.9 Å². The highest BCUT2D eigenvalue weighted by Gasteiger charge is 2.18. The number of carbonyl (C=O) groups is 2. The van der Waals surface area contributed by atoms with Gasteiger partial charge in [0, 0.05) is 17.8 Å². The van der Waals surface area contributed by atoms with Crippen LogP contribution in [0.1, 0.15) is 50.4 Å². The standard InChI is InChI=1S/C15H24N2O3S/c1-11(2)14(12-7-6-10-21-12)17-15(20)16-9-5-3-4-8-13(18)19/h6-7,10-11,14H,3-5,8-9H2,1-2H3,(H,18,19)(H2,16,17,20). The van der Waals surface area contributed by atoms with Gasteiger partial charge in [-0.1, -0.05) is 26.3 Å². The first-order valence-corrected chi connectivity index (χ1v) is 8.18. The van der Waals surface area contributed by atoms with Crippen LogP contribution in [0, 0.1) is 5.92 Å².